The fourth-order valence-electron chi connectivity index (χ4n) is 4.01. The van der Waals surface area contributed by atoms with E-state index in [4.69, 9.17) is 5.10 Å². The molecular weight excluding hydrogens is 388 g/mol. The molecule has 4 heterocycles. The normalized spacial score (nSPS) is 14.8. The van der Waals surface area contributed by atoms with Gasteiger partial charge in [0.05, 0.1) is 17.6 Å². The summed E-state index contributed by atoms with van der Waals surface area (Å²) >= 11 is 0. The summed E-state index contributed by atoms with van der Waals surface area (Å²) in [5, 5.41) is 4.81. The van der Waals surface area contributed by atoms with E-state index in [0.717, 1.165) is 60.9 Å². The van der Waals surface area contributed by atoms with E-state index >= 15 is 0 Å². The van der Waals surface area contributed by atoms with Crippen molar-refractivity contribution >= 4 is 11.6 Å². The maximum atomic E-state index is 11.5. The number of hydrogen-bond donors (Lipinski definition) is 0. The minimum Gasteiger partial charge on any atom is -0.340 e. The quantitative estimate of drug-likeness (QED) is 0.515. The highest BCUT2D eigenvalue weighted by Gasteiger charge is 2.18. The molecule has 0 spiro atoms. The molecule has 0 bridgehead atoms. The van der Waals surface area contributed by atoms with Gasteiger partial charge in [0.25, 0.3) is 0 Å². The van der Waals surface area contributed by atoms with Gasteiger partial charge in [0.2, 0.25) is 5.91 Å². The lowest BCUT2D eigenvalue weighted by Gasteiger charge is -2.34. The van der Waals surface area contributed by atoms with Gasteiger partial charge >= 0.3 is 0 Å². The summed E-state index contributed by atoms with van der Waals surface area (Å²) in [6, 6.07) is 16.5. The van der Waals surface area contributed by atoms with Gasteiger partial charge in [-0.2, -0.15) is 5.10 Å². The van der Waals surface area contributed by atoms with Gasteiger partial charge in [-0.1, -0.05) is 24.3 Å². The number of benzene rings is 1. The lowest BCUT2D eigenvalue weighted by atomic mass is 10.1. The lowest BCUT2D eigenvalue weighted by Crippen LogP contribution is -2.47. The van der Waals surface area contributed by atoms with E-state index in [1.165, 1.54) is 5.56 Å². The van der Waals surface area contributed by atoms with Crippen LogP contribution in [-0.2, 0) is 11.3 Å². The molecule has 5 rings (SSSR count). The summed E-state index contributed by atoms with van der Waals surface area (Å²) in [6.45, 7) is 5.97. The topological polar surface area (TPSA) is 66.6 Å². The van der Waals surface area contributed by atoms with Crippen LogP contribution in [0.3, 0.4) is 0 Å². The first kappa shape index (κ1) is 19.4. The predicted octanol–water partition coefficient (Wildman–Crippen LogP) is 3.12. The van der Waals surface area contributed by atoms with Crippen molar-refractivity contribution in [3.8, 4) is 22.5 Å². The van der Waals surface area contributed by atoms with Crippen molar-refractivity contribution in [3.63, 3.8) is 0 Å². The Morgan fingerprint density at radius 1 is 0.903 bits per heavy atom. The van der Waals surface area contributed by atoms with E-state index in [1.807, 2.05) is 39.9 Å². The second-order valence-corrected chi connectivity index (χ2v) is 7.85. The highest BCUT2D eigenvalue weighted by Crippen LogP contribution is 2.23. The Morgan fingerprint density at radius 3 is 2.35 bits per heavy atom. The van der Waals surface area contributed by atoms with Crippen LogP contribution in [0, 0.1) is 0 Å². The minimum absolute atomic E-state index is 0.165. The number of imidazole rings is 1. The molecule has 0 N–H and O–H groups in total. The summed E-state index contributed by atoms with van der Waals surface area (Å²) in [4.78, 5) is 24.4. The third-order valence-electron chi connectivity index (χ3n) is 5.81. The second kappa shape index (κ2) is 8.28. The number of nitrogens with zero attached hydrogens (tertiary/aromatic N) is 6. The van der Waals surface area contributed by atoms with E-state index in [1.54, 1.807) is 19.3 Å². The molecule has 7 heteroatoms. The fourth-order valence-corrected chi connectivity index (χ4v) is 4.01. The molecule has 3 aromatic heterocycles. The summed E-state index contributed by atoms with van der Waals surface area (Å²) in [7, 11) is 0. The third kappa shape index (κ3) is 4.04. The summed E-state index contributed by atoms with van der Waals surface area (Å²) in [5.74, 6) is 0.165. The molecule has 31 heavy (non-hydrogen) atoms. The number of amides is 1. The molecule has 4 aromatic rings. The van der Waals surface area contributed by atoms with Crippen LogP contribution in [0.5, 0.6) is 0 Å². The Bertz CT molecular complexity index is 1190. The van der Waals surface area contributed by atoms with Crippen LogP contribution in [0.1, 0.15) is 12.5 Å². The molecule has 0 atom stereocenters. The number of aromatic nitrogens is 4. The number of pyridine rings is 1. The van der Waals surface area contributed by atoms with E-state index in [-0.39, 0.29) is 5.91 Å². The number of piperazine rings is 1. The van der Waals surface area contributed by atoms with Crippen molar-refractivity contribution in [1.82, 2.24) is 29.4 Å². The van der Waals surface area contributed by atoms with Crippen molar-refractivity contribution in [2.24, 2.45) is 0 Å². The van der Waals surface area contributed by atoms with Gasteiger partial charge in [0.15, 0.2) is 5.65 Å². The van der Waals surface area contributed by atoms with Gasteiger partial charge in [-0.3, -0.25) is 14.7 Å². The molecule has 156 valence electrons. The number of fused-ring (bicyclic) bond motifs is 1. The zero-order chi connectivity index (χ0) is 21.2. The minimum atomic E-state index is 0.165. The molecule has 1 fully saturated rings. The molecule has 0 aliphatic carbocycles. The van der Waals surface area contributed by atoms with Gasteiger partial charge in [0.1, 0.15) is 0 Å². The van der Waals surface area contributed by atoms with E-state index in [2.05, 4.69) is 39.1 Å². The maximum absolute atomic E-state index is 11.5. The monoisotopic (exact) mass is 412 g/mol. The standard InChI is InChI=1S/C24H24N6O/c1-18(31)29-14-12-28(13-15-29)17-19-2-4-21(5-3-19)23-16-26-24-7-6-22(27-30(23)24)20-8-10-25-11-9-20/h2-11,16H,12-15,17H2,1H3. The first-order valence-electron chi connectivity index (χ1n) is 10.5. The molecule has 1 aliphatic heterocycles. The highest BCUT2D eigenvalue weighted by atomic mass is 16.2. The van der Waals surface area contributed by atoms with Crippen molar-refractivity contribution in [3.05, 3.63) is 72.7 Å². The number of carbonyl (C=O) groups excluding carboxylic acids is 1. The SMILES string of the molecule is CC(=O)N1CCN(Cc2ccc(-c3cnc4ccc(-c5ccncc5)nn34)cc2)CC1. The predicted molar refractivity (Wildman–Crippen MR) is 119 cm³/mol. The van der Waals surface area contributed by atoms with Crippen LogP contribution < -0.4 is 0 Å². The van der Waals surface area contributed by atoms with Crippen molar-refractivity contribution in [2.45, 2.75) is 13.5 Å². The van der Waals surface area contributed by atoms with Crippen LogP contribution in [0.4, 0.5) is 0 Å². The number of carbonyl (C=O) groups is 1. The van der Waals surface area contributed by atoms with Gasteiger partial charge in [-0.05, 0) is 29.8 Å². The first-order valence-corrected chi connectivity index (χ1v) is 10.5. The zero-order valence-corrected chi connectivity index (χ0v) is 17.5. The molecule has 1 aromatic carbocycles. The molecule has 0 radical (unpaired) electrons. The fraction of sp³-hybridized carbons (Fsp3) is 0.250. The molecule has 1 amide bonds. The van der Waals surface area contributed by atoms with E-state index < -0.39 is 0 Å². The first-order chi connectivity index (χ1) is 15.2. The van der Waals surface area contributed by atoms with Crippen LogP contribution in [0.2, 0.25) is 0 Å². The smallest absolute Gasteiger partial charge is 0.219 e. The van der Waals surface area contributed by atoms with Gasteiger partial charge < -0.3 is 4.90 Å². The summed E-state index contributed by atoms with van der Waals surface area (Å²) in [5.41, 5.74) is 6.04. The number of rotatable bonds is 4. The van der Waals surface area contributed by atoms with Crippen molar-refractivity contribution in [1.29, 1.82) is 0 Å². The Kier molecular flexibility index (Phi) is 5.18. The van der Waals surface area contributed by atoms with Crippen molar-refractivity contribution < 1.29 is 4.79 Å². The maximum Gasteiger partial charge on any atom is 0.219 e. The Labute approximate surface area is 181 Å². The second-order valence-electron chi connectivity index (χ2n) is 7.85. The molecule has 0 unspecified atom stereocenters. The largest absolute Gasteiger partial charge is 0.340 e. The van der Waals surface area contributed by atoms with Crippen LogP contribution >= 0.6 is 0 Å². The average Bonchev–Trinajstić information content (AvgIpc) is 3.24. The molecule has 0 saturated carbocycles. The van der Waals surface area contributed by atoms with Gasteiger partial charge in [-0.15, -0.1) is 0 Å². The Balaban J connectivity index is 1.34. The summed E-state index contributed by atoms with van der Waals surface area (Å²) < 4.78 is 1.89. The Morgan fingerprint density at radius 2 is 1.65 bits per heavy atom. The van der Waals surface area contributed by atoms with Gasteiger partial charge in [-0.25, -0.2) is 9.50 Å². The zero-order valence-electron chi connectivity index (χ0n) is 17.5. The average molecular weight is 412 g/mol. The lowest BCUT2D eigenvalue weighted by molar-refractivity contribution is -0.130. The Hall–Kier alpha value is -3.58. The van der Waals surface area contributed by atoms with Crippen LogP contribution in [0.15, 0.2) is 67.1 Å². The summed E-state index contributed by atoms with van der Waals surface area (Å²) in [6.07, 6.45) is 5.41. The van der Waals surface area contributed by atoms with E-state index in [0.29, 0.717) is 0 Å². The highest BCUT2D eigenvalue weighted by molar-refractivity contribution is 5.73. The third-order valence-corrected chi connectivity index (χ3v) is 5.81. The number of hydrogen-bond acceptors (Lipinski definition) is 5. The van der Waals surface area contributed by atoms with Gasteiger partial charge in [0, 0.05) is 63.2 Å². The molecular formula is C24H24N6O. The molecule has 1 saturated heterocycles. The molecule has 7 nitrogen and oxygen atoms in total. The van der Waals surface area contributed by atoms with E-state index in [9.17, 15) is 4.79 Å². The van der Waals surface area contributed by atoms with Crippen LogP contribution in [0.25, 0.3) is 28.2 Å². The van der Waals surface area contributed by atoms with Crippen molar-refractivity contribution in [2.75, 3.05) is 26.2 Å². The van der Waals surface area contributed by atoms with Crippen LogP contribution in [-0.4, -0.2) is 61.5 Å². The molecule has 1 aliphatic rings.